The number of ether oxygens (including phenoxy) is 1. The molecule has 0 bridgehead atoms. The van der Waals surface area contributed by atoms with Crippen molar-refractivity contribution in [3.8, 4) is 5.75 Å². The van der Waals surface area contributed by atoms with Gasteiger partial charge in [0.05, 0.1) is 9.95 Å². The monoisotopic (exact) mass is 359 g/mol. The Kier molecular flexibility index (Phi) is 4.46. The number of halogens is 1. The lowest BCUT2D eigenvalue weighted by molar-refractivity contribution is -0.384. The summed E-state index contributed by atoms with van der Waals surface area (Å²) in [6.07, 6.45) is 0. The molecule has 0 aliphatic carbocycles. The number of nitro benzene ring substituents is 1. The predicted octanol–water partition coefficient (Wildman–Crippen LogP) is 4.55. The van der Waals surface area contributed by atoms with E-state index in [1.54, 1.807) is 31.2 Å². The van der Waals surface area contributed by atoms with Gasteiger partial charge in [-0.2, -0.15) is 0 Å². The first-order valence-corrected chi connectivity index (χ1v) is 7.84. The van der Waals surface area contributed by atoms with Gasteiger partial charge in [0.1, 0.15) is 17.9 Å². The lowest BCUT2D eigenvalue weighted by Gasteiger charge is -2.11. The lowest BCUT2D eigenvalue weighted by Crippen LogP contribution is -2.06. The largest absolute Gasteiger partial charge is 0.487 e. The third-order valence-electron chi connectivity index (χ3n) is 4.05. The first-order chi connectivity index (χ1) is 11.9. The fraction of sp³-hybridized carbons (Fsp3) is 0.167. The minimum atomic E-state index is -0.461. The number of aryl methyl sites for hydroxylation is 1. The van der Waals surface area contributed by atoms with Crippen molar-refractivity contribution in [2.24, 2.45) is 0 Å². The minimum Gasteiger partial charge on any atom is -0.487 e. The van der Waals surface area contributed by atoms with E-state index in [4.69, 9.17) is 20.8 Å². The second kappa shape index (κ2) is 6.57. The Morgan fingerprint density at radius 1 is 1.16 bits per heavy atom. The SMILES string of the molecule is Cc1c(C)c2cc(Cl)c(OCc3ccc([N+](=O)[O-])cc3)cc2oc1=O. The molecule has 0 radical (unpaired) electrons. The standard InChI is InChI=1S/C18H14ClNO5/c1-10-11(2)18(21)25-16-8-17(15(19)7-14(10)16)24-9-12-3-5-13(6-4-12)20(22)23/h3-8H,9H2,1-2H3. The van der Waals surface area contributed by atoms with E-state index in [2.05, 4.69) is 0 Å². The van der Waals surface area contributed by atoms with Gasteiger partial charge >= 0.3 is 5.63 Å². The molecule has 0 unspecified atom stereocenters. The van der Waals surface area contributed by atoms with Crippen molar-refractivity contribution in [2.45, 2.75) is 20.5 Å². The van der Waals surface area contributed by atoms with Crippen LogP contribution in [0.2, 0.25) is 5.02 Å². The van der Waals surface area contributed by atoms with Crippen LogP contribution in [0.15, 0.2) is 45.6 Å². The Labute approximate surface area is 147 Å². The molecular formula is C18H14ClNO5. The van der Waals surface area contributed by atoms with Crippen LogP contribution < -0.4 is 10.4 Å². The average molecular weight is 360 g/mol. The Balaban J connectivity index is 1.88. The van der Waals surface area contributed by atoms with E-state index < -0.39 is 10.5 Å². The van der Waals surface area contributed by atoms with Gasteiger partial charge in [-0.25, -0.2) is 4.79 Å². The summed E-state index contributed by atoms with van der Waals surface area (Å²) in [5, 5.41) is 11.8. The van der Waals surface area contributed by atoms with Crippen LogP contribution in [0.4, 0.5) is 5.69 Å². The summed E-state index contributed by atoms with van der Waals surface area (Å²) in [5.74, 6) is 0.374. The maximum Gasteiger partial charge on any atom is 0.339 e. The van der Waals surface area contributed by atoms with E-state index in [-0.39, 0.29) is 12.3 Å². The molecule has 3 rings (SSSR count). The van der Waals surface area contributed by atoms with E-state index >= 15 is 0 Å². The maximum atomic E-state index is 11.8. The molecule has 25 heavy (non-hydrogen) atoms. The molecule has 128 valence electrons. The van der Waals surface area contributed by atoms with Crippen LogP contribution in [-0.2, 0) is 6.61 Å². The van der Waals surface area contributed by atoms with E-state index in [9.17, 15) is 14.9 Å². The first-order valence-electron chi connectivity index (χ1n) is 7.46. The van der Waals surface area contributed by atoms with Gasteiger partial charge in [-0.15, -0.1) is 0 Å². The number of hydrogen-bond donors (Lipinski definition) is 0. The predicted molar refractivity (Wildman–Crippen MR) is 94.4 cm³/mol. The Bertz CT molecular complexity index is 1020. The van der Waals surface area contributed by atoms with Gasteiger partial charge in [0, 0.05) is 29.1 Å². The average Bonchev–Trinajstić information content (AvgIpc) is 2.59. The van der Waals surface area contributed by atoms with Crippen molar-refractivity contribution in [1.82, 2.24) is 0 Å². The summed E-state index contributed by atoms with van der Waals surface area (Å²) in [6.45, 7) is 3.72. The summed E-state index contributed by atoms with van der Waals surface area (Å²) in [7, 11) is 0. The van der Waals surface area contributed by atoms with E-state index in [0.717, 1.165) is 16.5 Å². The number of fused-ring (bicyclic) bond motifs is 1. The molecule has 0 saturated heterocycles. The quantitative estimate of drug-likeness (QED) is 0.387. The van der Waals surface area contributed by atoms with Crippen molar-refractivity contribution >= 4 is 28.3 Å². The molecule has 0 amide bonds. The van der Waals surface area contributed by atoms with Gasteiger partial charge in [0.2, 0.25) is 0 Å². The normalized spacial score (nSPS) is 10.8. The zero-order chi connectivity index (χ0) is 18.1. The molecule has 1 aromatic heterocycles. The number of benzene rings is 2. The maximum absolute atomic E-state index is 11.8. The van der Waals surface area contributed by atoms with E-state index in [1.165, 1.54) is 12.1 Å². The van der Waals surface area contributed by atoms with Gasteiger partial charge in [-0.1, -0.05) is 11.6 Å². The highest BCUT2D eigenvalue weighted by atomic mass is 35.5. The lowest BCUT2D eigenvalue weighted by atomic mass is 10.1. The van der Waals surface area contributed by atoms with Crippen LogP contribution in [0.3, 0.4) is 0 Å². The van der Waals surface area contributed by atoms with Gasteiger partial charge in [-0.05, 0) is 43.2 Å². The molecule has 7 heteroatoms. The van der Waals surface area contributed by atoms with E-state index in [1.807, 2.05) is 6.92 Å². The minimum absolute atomic E-state index is 0.0140. The van der Waals surface area contributed by atoms with Crippen LogP contribution in [0, 0.1) is 24.0 Å². The molecule has 1 heterocycles. The number of hydrogen-bond acceptors (Lipinski definition) is 5. The Morgan fingerprint density at radius 2 is 1.84 bits per heavy atom. The third-order valence-corrected chi connectivity index (χ3v) is 4.35. The summed E-state index contributed by atoms with van der Waals surface area (Å²) >= 11 is 6.27. The molecule has 6 nitrogen and oxygen atoms in total. The fourth-order valence-electron chi connectivity index (χ4n) is 2.43. The molecule has 0 spiro atoms. The summed E-state index contributed by atoms with van der Waals surface area (Å²) in [5.41, 5.74) is 2.13. The van der Waals surface area contributed by atoms with E-state index in [0.29, 0.717) is 21.9 Å². The van der Waals surface area contributed by atoms with Crippen LogP contribution in [0.5, 0.6) is 5.75 Å². The summed E-state index contributed by atoms with van der Waals surface area (Å²) in [4.78, 5) is 22.0. The molecule has 0 aliphatic heterocycles. The number of nitrogens with zero attached hydrogens (tertiary/aromatic N) is 1. The van der Waals surface area contributed by atoms with Crippen molar-refractivity contribution < 1.29 is 14.1 Å². The van der Waals surface area contributed by atoms with Crippen molar-refractivity contribution in [3.05, 3.63) is 78.6 Å². The zero-order valence-corrected chi connectivity index (χ0v) is 14.3. The Morgan fingerprint density at radius 3 is 2.48 bits per heavy atom. The van der Waals surface area contributed by atoms with Gasteiger partial charge in [0.25, 0.3) is 5.69 Å². The van der Waals surface area contributed by atoms with Crippen molar-refractivity contribution in [3.63, 3.8) is 0 Å². The highest BCUT2D eigenvalue weighted by molar-refractivity contribution is 6.32. The summed E-state index contributed by atoms with van der Waals surface area (Å²) in [6, 6.07) is 9.32. The molecule has 0 saturated carbocycles. The van der Waals surface area contributed by atoms with Gasteiger partial charge in [-0.3, -0.25) is 10.1 Å². The smallest absolute Gasteiger partial charge is 0.339 e. The van der Waals surface area contributed by atoms with Gasteiger partial charge in [0.15, 0.2) is 0 Å². The molecule has 0 aliphatic rings. The second-order valence-electron chi connectivity index (χ2n) is 5.63. The molecule has 0 fully saturated rings. The second-order valence-corrected chi connectivity index (χ2v) is 6.04. The number of rotatable bonds is 4. The van der Waals surface area contributed by atoms with Crippen LogP contribution in [-0.4, -0.2) is 4.92 Å². The van der Waals surface area contributed by atoms with Crippen LogP contribution >= 0.6 is 11.6 Å². The molecule has 3 aromatic rings. The topological polar surface area (TPSA) is 82.6 Å². The molecule has 0 atom stereocenters. The molecule has 0 N–H and O–H groups in total. The molecule has 2 aromatic carbocycles. The van der Waals surface area contributed by atoms with Crippen LogP contribution in [0.1, 0.15) is 16.7 Å². The van der Waals surface area contributed by atoms with Crippen molar-refractivity contribution in [1.29, 1.82) is 0 Å². The highest BCUT2D eigenvalue weighted by Crippen LogP contribution is 2.32. The summed E-state index contributed by atoms with van der Waals surface area (Å²) < 4.78 is 11.0. The highest BCUT2D eigenvalue weighted by Gasteiger charge is 2.12. The van der Waals surface area contributed by atoms with Crippen molar-refractivity contribution in [2.75, 3.05) is 0 Å². The number of non-ortho nitro benzene ring substituents is 1. The fourth-order valence-corrected chi connectivity index (χ4v) is 2.65. The van der Waals surface area contributed by atoms with Gasteiger partial charge < -0.3 is 9.15 Å². The zero-order valence-electron chi connectivity index (χ0n) is 13.5. The third kappa shape index (κ3) is 3.34. The Hall–Kier alpha value is -2.86. The first kappa shape index (κ1) is 17.0. The molecular weight excluding hydrogens is 346 g/mol. The van der Waals surface area contributed by atoms with Crippen LogP contribution in [0.25, 0.3) is 11.0 Å². The number of nitro groups is 1.